The van der Waals surface area contributed by atoms with Gasteiger partial charge in [-0.25, -0.2) is 14.2 Å². The average Bonchev–Trinajstić information content (AvgIpc) is 2.88. The Labute approximate surface area is 242 Å². The Morgan fingerprint density at radius 3 is 2.37 bits per heavy atom. The smallest absolute Gasteiger partial charge is 0.337 e. The summed E-state index contributed by atoms with van der Waals surface area (Å²) >= 11 is 0. The molecule has 1 aromatic carbocycles. The molecule has 0 spiro atoms. The van der Waals surface area contributed by atoms with Crippen LogP contribution in [0.5, 0.6) is 5.88 Å². The lowest BCUT2D eigenvalue weighted by Gasteiger charge is -2.40. The maximum atomic E-state index is 15.5. The van der Waals surface area contributed by atoms with Crippen molar-refractivity contribution >= 4 is 11.7 Å². The number of aromatic nitrogens is 2. The first-order valence-corrected chi connectivity index (χ1v) is 14.3. The molecule has 0 aliphatic carbocycles. The summed E-state index contributed by atoms with van der Waals surface area (Å²) in [5, 5.41) is 10.3. The first-order valence-electron chi connectivity index (χ1n) is 14.3. The number of rotatable bonds is 9. The zero-order chi connectivity index (χ0) is 29.9. The van der Waals surface area contributed by atoms with Gasteiger partial charge in [0, 0.05) is 54.3 Å². The zero-order valence-electron chi connectivity index (χ0n) is 25.2. The Hall–Kier alpha value is -3.52. The molecule has 0 unspecified atom stereocenters. The van der Waals surface area contributed by atoms with Crippen molar-refractivity contribution in [3.05, 3.63) is 71.4 Å². The van der Waals surface area contributed by atoms with Crippen molar-refractivity contribution in [3.63, 3.8) is 0 Å². The molecular formula is C33H42FN3O4. The maximum Gasteiger partial charge on any atom is 0.337 e. The van der Waals surface area contributed by atoms with Gasteiger partial charge < -0.3 is 19.5 Å². The van der Waals surface area contributed by atoms with Crippen LogP contribution in [0.25, 0.3) is 11.1 Å². The molecule has 0 amide bonds. The van der Waals surface area contributed by atoms with Gasteiger partial charge in [-0.3, -0.25) is 4.98 Å². The molecule has 41 heavy (non-hydrogen) atoms. The number of benzene rings is 1. The van der Waals surface area contributed by atoms with Gasteiger partial charge in [0.1, 0.15) is 6.10 Å². The molecule has 2 atom stereocenters. The molecule has 1 aliphatic heterocycles. The number of aryl methyl sites for hydroxylation is 1. The van der Waals surface area contributed by atoms with Gasteiger partial charge in [0.05, 0.1) is 11.3 Å². The van der Waals surface area contributed by atoms with E-state index in [-0.39, 0.29) is 17.4 Å². The van der Waals surface area contributed by atoms with E-state index < -0.39 is 23.5 Å². The minimum Gasteiger partial charge on any atom is -0.479 e. The number of halogens is 1. The predicted octanol–water partition coefficient (Wildman–Crippen LogP) is 7.17. The number of carboxylic acid groups (broad SMARTS) is 1. The summed E-state index contributed by atoms with van der Waals surface area (Å²) in [6, 6.07) is 11.3. The largest absolute Gasteiger partial charge is 0.479 e. The third-order valence-corrected chi connectivity index (χ3v) is 7.48. The predicted molar refractivity (Wildman–Crippen MR) is 159 cm³/mol. The minimum atomic E-state index is -1.24. The van der Waals surface area contributed by atoms with E-state index in [1.54, 1.807) is 19.3 Å². The SMILES string of the molecule is Cc1ncc(-c2cnc(O[C@H](C)Cc3ccccc3)c(F)c2)c(N2CCC(C)(C)CC2)c1[C@H](OC(C)(C)C)C(=O)O. The van der Waals surface area contributed by atoms with Crippen molar-refractivity contribution in [2.24, 2.45) is 5.41 Å². The summed E-state index contributed by atoms with van der Waals surface area (Å²) < 4.78 is 27.4. The highest BCUT2D eigenvalue weighted by molar-refractivity contribution is 5.86. The van der Waals surface area contributed by atoms with Crippen LogP contribution in [0, 0.1) is 18.2 Å². The Bertz CT molecular complexity index is 1360. The quantitative estimate of drug-likeness (QED) is 0.295. The average molecular weight is 564 g/mol. The molecule has 220 valence electrons. The van der Waals surface area contributed by atoms with E-state index in [9.17, 15) is 9.90 Å². The molecule has 3 heterocycles. The zero-order valence-corrected chi connectivity index (χ0v) is 25.2. The van der Waals surface area contributed by atoms with E-state index in [1.165, 1.54) is 6.07 Å². The van der Waals surface area contributed by atoms with Crippen LogP contribution in [-0.4, -0.2) is 45.8 Å². The van der Waals surface area contributed by atoms with Gasteiger partial charge in [-0.1, -0.05) is 44.2 Å². The standard InChI is InChI=1S/C33H42FN3O4/c1-21(17-23-11-9-8-10-12-23)40-30-26(34)18-24(19-36-30)25-20-35-22(2)27(29(31(38)39)41-32(3,4)5)28(25)37-15-13-33(6,7)14-16-37/h8-12,18-21,29H,13-17H2,1-7H3,(H,38,39)/t21-,29+/m1/s1. The number of pyridine rings is 2. The topological polar surface area (TPSA) is 84.8 Å². The van der Waals surface area contributed by atoms with Gasteiger partial charge in [-0.2, -0.15) is 0 Å². The number of piperidine rings is 1. The molecule has 1 saturated heterocycles. The normalized spacial score (nSPS) is 16.7. The Kier molecular flexibility index (Phi) is 9.02. The van der Waals surface area contributed by atoms with Gasteiger partial charge in [-0.05, 0) is 64.5 Å². The van der Waals surface area contributed by atoms with Crippen LogP contribution in [0.1, 0.15) is 77.3 Å². The van der Waals surface area contributed by atoms with Crippen molar-refractivity contribution in [1.82, 2.24) is 9.97 Å². The van der Waals surface area contributed by atoms with Gasteiger partial charge >= 0.3 is 5.97 Å². The highest BCUT2D eigenvalue weighted by atomic mass is 19.1. The summed E-state index contributed by atoms with van der Waals surface area (Å²) in [6.07, 6.45) is 4.21. The number of nitrogens with zero attached hydrogens (tertiary/aromatic N) is 3. The Morgan fingerprint density at radius 1 is 1.12 bits per heavy atom. The molecule has 0 radical (unpaired) electrons. The highest BCUT2D eigenvalue weighted by Gasteiger charge is 2.36. The first-order chi connectivity index (χ1) is 19.2. The third kappa shape index (κ3) is 7.61. The molecular weight excluding hydrogens is 521 g/mol. The second-order valence-electron chi connectivity index (χ2n) is 12.7. The van der Waals surface area contributed by atoms with Crippen molar-refractivity contribution in [1.29, 1.82) is 0 Å². The molecule has 1 N–H and O–H groups in total. The van der Waals surface area contributed by atoms with E-state index in [0.717, 1.165) is 31.5 Å². The molecule has 0 bridgehead atoms. The lowest BCUT2D eigenvalue weighted by Crippen LogP contribution is -2.39. The molecule has 1 aliphatic rings. The van der Waals surface area contributed by atoms with Gasteiger partial charge in [0.25, 0.3) is 5.88 Å². The van der Waals surface area contributed by atoms with Crippen molar-refractivity contribution in [2.75, 3.05) is 18.0 Å². The van der Waals surface area contributed by atoms with E-state index in [1.807, 2.05) is 58.0 Å². The van der Waals surface area contributed by atoms with Crippen LogP contribution < -0.4 is 9.64 Å². The number of carboxylic acids is 1. The van der Waals surface area contributed by atoms with E-state index in [4.69, 9.17) is 9.47 Å². The number of carbonyl (C=O) groups is 1. The molecule has 4 rings (SSSR count). The first kappa shape index (κ1) is 30.4. The fourth-order valence-corrected chi connectivity index (χ4v) is 5.23. The van der Waals surface area contributed by atoms with Crippen LogP contribution in [-0.2, 0) is 16.0 Å². The summed E-state index contributed by atoms with van der Waals surface area (Å²) in [4.78, 5) is 23.7. The highest BCUT2D eigenvalue weighted by Crippen LogP contribution is 2.43. The van der Waals surface area contributed by atoms with Crippen LogP contribution >= 0.6 is 0 Å². The molecule has 7 nitrogen and oxygen atoms in total. The summed E-state index contributed by atoms with van der Waals surface area (Å²) in [5.41, 5.74) is 3.43. The molecule has 1 fully saturated rings. The number of anilines is 1. The molecule has 0 saturated carbocycles. The van der Waals surface area contributed by atoms with Gasteiger partial charge in [0.15, 0.2) is 11.9 Å². The van der Waals surface area contributed by atoms with E-state index in [0.29, 0.717) is 34.5 Å². The fraction of sp³-hybridized carbons (Fsp3) is 0.485. The number of hydrogen-bond donors (Lipinski definition) is 1. The van der Waals surface area contributed by atoms with Gasteiger partial charge in [0.2, 0.25) is 0 Å². The summed E-state index contributed by atoms with van der Waals surface area (Å²) in [5.74, 6) is -1.75. The Morgan fingerprint density at radius 2 is 1.78 bits per heavy atom. The third-order valence-electron chi connectivity index (χ3n) is 7.48. The molecule has 2 aromatic heterocycles. The number of aliphatic carboxylic acids is 1. The minimum absolute atomic E-state index is 0.0711. The van der Waals surface area contributed by atoms with Crippen LogP contribution in [0.2, 0.25) is 0 Å². The van der Waals surface area contributed by atoms with Crippen molar-refractivity contribution in [2.45, 2.75) is 85.5 Å². The van der Waals surface area contributed by atoms with Crippen molar-refractivity contribution in [3.8, 4) is 17.0 Å². The molecule has 8 heteroatoms. The fourth-order valence-electron chi connectivity index (χ4n) is 5.23. The lowest BCUT2D eigenvalue weighted by atomic mass is 9.82. The number of ether oxygens (including phenoxy) is 2. The number of hydrogen-bond acceptors (Lipinski definition) is 6. The van der Waals surface area contributed by atoms with Crippen LogP contribution in [0.3, 0.4) is 0 Å². The maximum absolute atomic E-state index is 15.5. The van der Waals surface area contributed by atoms with Crippen molar-refractivity contribution < 1.29 is 23.8 Å². The molecule has 3 aromatic rings. The Balaban J connectivity index is 1.75. The summed E-state index contributed by atoms with van der Waals surface area (Å²) in [6.45, 7) is 15.1. The summed E-state index contributed by atoms with van der Waals surface area (Å²) in [7, 11) is 0. The lowest BCUT2D eigenvalue weighted by molar-refractivity contribution is -0.160. The van der Waals surface area contributed by atoms with E-state index in [2.05, 4.69) is 28.7 Å². The van der Waals surface area contributed by atoms with Crippen LogP contribution in [0.15, 0.2) is 48.8 Å². The second kappa shape index (κ2) is 12.1. The monoisotopic (exact) mass is 563 g/mol. The van der Waals surface area contributed by atoms with Gasteiger partial charge in [-0.15, -0.1) is 0 Å². The van der Waals surface area contributed by atoms with E-state index >= 15 is 4.39 Å². The van der Waals surface area contributed by atoms with Crippen LogP contribution in [0.4, 0.5) is 10.1 Å². The second-order valence-corrected chi connectivity index (χ2v) is 12.7.